The van der Waals surface area contributed by atoms with Crippen molar-refractivity contribution >= 4 is 34.1 Å². The van der Waals surface area contributed by atoms with E-state index >= 15 is 0 Å². The zero-order chi connectivity index (χ0) is 20.8. The van der Waals surface area contributed by atoms with Crippen LogP contribution in [-0.2, 0) is 0 Å². The van der Waals surface area contributed by atoms with E-state index in [2.05, 4.69) is 36.1 Å². The molecule has 3 aromatic heterocycles. The Morgan fingerprint density at radius 3 is 2.47 bits per heavy atom. The second-order valence-corrected chi connectivity index (χ2v) is 6.71. The SMILES string of the molecule is Cc1ccc(Nc2ccc(NCCNC(=O)c3nccc4ccccc34)nn2)nc1. The van der Waals surface area contributed by atoms with Gasteiger partial charge in [-0.2, -0.15) is 0 Å². The summed E-state index contributed by atoms with van der Waals surface area (Å²) >= 11 is 0. The molecule has 8 nitrogen and oxygen atoms in total. The minimum atomic E-state index is -0.204. The minimum Gasteiger partial charge on any atom is -0.367 e. The van der Waals surface area contributed by atoms with Gasteiger partial charge >= 0.3 is 0 Å². The van der Waals surface area contributed by atoms with Crippen molar-refractivity contribution in [1.82, 2.24) is 25.5 Å². The molecule has 0 aliphatic carbocycles. The summed E-state index contributed by atoms with van der Waals surface area (Å²) in [5.74, 6) is 1.73. The van der Waals surface area contributed by atoms with E-state index in [1.807, 2.05) is 61.5 Å². The molecule has 8 heteroatoms. The number of amides is 1. The average Bonchev–Trinajstić information content (AvgIpc) is 2.79. The fourth-order valence-corrected chi connectivity index (χ4v) is 2.92. The lowest BCUT2D eigenvalue weighted by atomic mass is 10.1. The third kappa shape index (κ3) is 4.67. The lowest BCUT2D eigenvalue weighted by Gasteiger charge is -2.09. The number of fused-ring (bicyclic) bond motifs is 1. The highest BCUT2D eigenvalue weighted by molar-refractivity contribution is 6.05. The van der Waals surface area contributed by atoms with Gasteiger partial charge in [0.25, 0.3) is 5.91 Å². The van der Waals surface area contributed by atoms with Crippen molar-refractivity contribution in [3.05, 3.63) is 78.2 Å². The van der Waals surface area contributed by atoms with Gasteiger partial charge in [-0.05, 0) is 42.1 Å². The molecule has 0 bridgehead atoms. The Labute approximate surface area is 173 Å². The summed E-state index contributed by atoms with van der Waals surface area (Å²) in [4.78, 5) is 21.0. The van der Waals surface area contributed by atoms with Crippen LogP contribution in [0.25, 0.3) is 10.8 Å². The smallest absolute Gasteiger partial charge is 0.270 e. The monoisotopic (exact) mass is 399 g/mol. The summed E-state index contributed by atoms with van der Waals surface area (Å²) < 4.78 is 0. The van der Waals surface area contributed by atoms with E-state index < -0.39 is 0 Å². The Bertz CT molecular complexity index is 1140. The highest BCUT2D eigenvalue weighted by atomic mass is 16.1. The fourth-order valence-electron chi connectivity index (χ4n) is 2.92. The highest BCUT2D eigenvalue weighted by Gasteiger charge is 2.10. The van der Waals surface area contributed by atoms with Crippen molar-refractivity contribution in [2.75, 3.05) is 23.7 Å². The van der Waals surface area contributed by atoms with Gasteiger partial charge in [-0.3, -0.25) is 9.78 Å². The molecule has 0 saturated carbocycles. The lowest BCUT2D eigenvalue weighted by molar-refractivity contribution is 0.0952. The standard InChI is InChI=1S/C22H21N7O/c1-15-6-7-18(26-14-15)27-20-9-8-19(28-29-20)23-12-13-25-22(30)21-17-5-3-2-4-16(17)10-11-24-21/h2-11,14H,12-13H2,1H3,(H,23,28)(H,25,30)(H,26,27,29). The van der Waals surface area contributed by atoms with Crippen LogP contribution in [0.3, 0.4) is 0 Å². The predicted octanol–water partition coefficient (Wildman–Crippen LogP) is 3.31. The zero-order valence-electron chi connectivity index (χ0n) is 16.5. The Balaban J connectivity index is 1.27. The maximum absolute atomic E-state index is 12.5. The summed E-state index contributed by atoms with van der Waals surface area (Å²) in [7, 11) is 0. The van der Waals surface area contributed by atoms with Gasteiger partial charge in [-0.15, -0.1) is 10.2 Å². The number of carbonyl (C=O) groups is 1. The van der Waals surface area contributed by atoms with Gasteiger partial charge in [0.05, 0.1) is 0 Å². The number of aromatic nitrogens is 4. The first kappa shape index (κ1) is 19.3. The number of nitrogens with one attached hydrogen (secondary N) is 3. The molecule has 3 heterocycles. The van der Waals surface area contributed by atoms with Crippen molar-refractivity contribution in [1.29, 1.82) is 0 Å². The number of nitrogens with zero attached hydrogens (tertiary/aromatic N) is 4. The van der Waals surface area contributed by atoms with Crippen LogP contribution in [0.4, 0.5) is 17.5 Å². The normalized spacial score (nSPS) is 10.6. The van der Waals surface area contributed by atoms with E-state index in [1.54, 1.807) is 12.4 Å². The number of pyridine rings is 2. The van der Waals surface area contributed by atoms with E-state index in [0.717, 1.165) is 16.3 Å². The molecule has 0 atom stereocenters. The number of rotatable bonds is 7. The van der Waals surface area contributed by atoms with Crippen LogP contribution >= 0.6 is 0 Å². The van der Waals surface area contributed by atoms with E-state index in [-0.39, 0.29) is 5.91 Å². The number of benzene rings is 1. The molecular formula is C22H21N7O. The van der Waals surface area contributed by atoms with Crippen molar-refractivity contribution in [2.45, 2.75) is 6.92 Å². The lowest BCUT2D eigenvalue weighted by Crippen LogP contribution is -2.29. The average molecular weight is 399 g/mol. The maximum Gasteiger partial charge on any atom is 0.270 e. The summed E-state index contributed by atoms with van der Waals surface area (Å²) in [6.45, 7) is 2.92. The molecule has 1 amide bonds. The molecule has 0 saturated heterocycles. The first-order chi connectivity index (χ1) is 14.7. The van der Waals surface area contributed by atoms with Crippen LogP contribution < -0.4 is 16.0 Å². The molecular weight excluding hydrogens is 378 g/mol. The first-order valence-electron chi connectivity index (χ1n) is 9.58. The van der Waals surface area contributed by atoms with Crippen LogP contribution in [0.15, 0.2) is 67.0 Å². The van der Waals surface area contributed by atoms with Crippen LogP contribution in [0.1, 0.15) is 16.1 Å². The second-order valence-electron chi connectivity index (χ2n) is 6.71. The van der Waals surface area contributed by atoms with E-state index in [4.69, 9.17) is 0 Å². The zero-order valence-corrected chi connectivity index (χ0v) is 16.5. The van der Waals surface area contributed by atoms with Crippen LogP contribution in [0.5, 0.6) is 0 Å². The maximum atomic E-state index is 12.5. The third-order valence-electron chi connectivity index (χ3n) is 4.44. The molecule has 0 aliphatic heterocycles. The molecule has 1 aromatic carbocycles. The van der Waals surface area contributed by atoms with Gasteiger partial charge in [0.15, 0.2) is 5.82 Å². The minimum absolute atomic E-state index is 0.204. The van der Waals surface area contributed by atoms with Crippen LogP contribution in [0, 0.1) is 6.92 Å². The molecule has 4 rings (SSSR count). The van der Waals surface area contributed by atoms with Crippen LogP contribution in [-0.4, -0.2) is 39.2 Å². The molecule has 0 radical (unpaired) electrons. The molecule has 4 aromatic rings. The Kier molecular flexibility index (Phi) is 5.75. The Morgan fingerprint density at radius 1 is 0.867 bits per heavy atom. The molecule has 0 unspecified atom stereocenters. The van der Waals surface area contributed by atoms with Gasteiger partial charge in [-0.25, -0.2) is 4.98 Å². The van der Waals surface area contributed by atoms with E-state index in [0.29, 0.717) is 36.2 Å². The number of aryl methyl sites for hydroxylation is 1. The van der Waals surface area contributed by atoms with E-state index in [9.17, 15) is 4.79 Å². The highest BCUT2D eigenvalue weighted by Crippen LogP contribution is 2.16. The van der Waals surface area contributed by atoms with Gasteiger partial charge in [0.1, 0.15) is 17.3 Å². The fraction of sp³-hybridized carbons (Fsp3) is 0.136. The number of hydrogen-bond donors (Lipinski definition) is 3. The first-order valence-corrected chi connectivity index (χ1v) is 9.58. The van der Waals surface area contributed by atoms with Crippen LogP contribution in [0.2, 0.25) is 0 Å². The van der Waals surface area contributed by atoms with Gasteiger partial charge in [0.2, 0.25) is 0 Å². The molecule has 30 heavy (non-hydrogen) atoms. The summed E-state index contributed by atoms with van der Waals surface area (Å²) in [6.07, 6.45) is 3.43. The molecule has 150 valence electrons. The van der Waals surface area contributed by atoms with Crippen molar-refractivity contribution < 1.29 is 4.79 Å². The summed E-state index contributed by atoms with van der Waals surface area (Å²) in [5.41, 5.74) is 1.52. The predicted molar refractivity (Wildman–Crippen MR) is 117 cm³/mol. The quantitative estimate of drug-likeness (QED) is 0.410. The summed E-state index contributed by atoms with van der Waals surface area (Å²) in [5, 5.41) is 19.2. The topological polar surface area (TPSA) is 105 Å². The van der Waals surface area contributed by atoms with Gasteiger partial charge < -0.3 is 16.0 Å². The molecule has 0 spiro atoms. The largest absolute Gasteiger partial charge is 0.367 e. The summed E-state index contributed by atoms with van der Waals surface area (Å²) in [6, 6.07) is 17.1. The van der Waals surface area contributed by atoms with E-state index in [1.165, 1.54) is 0 Å². The molecule has 3 N–H and O–H groups in total. The van der Waals surface area contributed by atoms with Crippen molar-refractivity contribution in [2.24, 2.45) is 0 Å². The third-order valence-corrected chi connectivity index (χ3v) is 4.44. The van der Waals surface area contributed by atoms with Crippen molar-refractivity contribution in [3.63, 3.8) is 0 Å². The number of hydrogen-bond acceptors (Lipinski definition) is 7. The Hall–Kier alpha value is -4.07. The molecule has 0 aliphatic rings. The second kappa shape index (κ2) is 8.95. The van der Waals surface area contributed by atoms with Crippen molar-refractivity contribution in [3.8, 4) is 0 Å². The number of anilines is 3. The Morgan fingerprint density at radius 2 is 1.67 bits per heavy atom. The molecule has 0 fully saturated rings. The van der Waals surface area contributed by atoms with Gasteiger partial charge in [-0.1, -0.05) is 30.3 Å². The number of carbonyl (C=O) groups excluding carboxylic acids is 1. The van der Waals surface area contributed by atoms with Gasteiger partial charge in [0, 0.05) is 30.9 Å².